The molecular weight excluding hydrogens is 360 g/mol. The summed E-state index contributed by atoms with van der Waals surface area (Å²) in [6, 6.07) is 12.4. The molecule has 6 nitrogen and oxygen atoms in total. The number of para-hydroxylation sites is 1. The minimum atomic E-state index is -3.66. The maximum atomic E-state index is 12.6. The minimum Gasteiger partial charge on any atom is -0.490 e. The Balaban J connectivity index is 1.54. The van der Waals surface area contributed by atoms with E-state index in [9.17, 15) is 8.42 Å². The summed E-state index contributed by atoms with van der Waals surface area (Å²) in [7, 11) is -3.66. The molecule has 2 heterocycles. The quantitative estimate of drug-likeness (QED) is 0.757. The number of hydrogen-bond donors (Lipinski definition) is 1. The molecule has 0 saturated carbocycles. The van der Waals surface area contributed by atoms with Gasteiger partial charge in [-0.2, -0.15) is 0 Å². The number of rotatable bonds is 4. The zero-order chi connectivity index (χ0) is 17.3. The molecule has 0 aliphatic carbocycles. The zero-order valence-corrected chi connectivity index (χ0v) is 14.9. The van der Waals surface area contributed by atoms with Gasteiger partial charge < -0.3 is 9.47 Å². The molecule has 0 amide bonds. The van der Waals surface area contributed by atoms with Gasteiger partial charge in [-0.3, -0.25) is 0 Å². The first-order valence-electron chi connectivity index (χ1n) is 7.86. The molecular formula is C17H16N2O4S2. The van der Waals surface area contributed by atoms with Crippen LogP contribution < -0.4 is 14.2 Å². The molecule has 0 fully saturated rings. The summed E-state index contributed by atoms with van der Waals surface area (Å²) in [6.07, 6.45) is 0.770. The fourth-order valence-electron chi connectivity index (χ4n) is 2.55. The van der Waals surface area contributed by atoms with Gasteiger partial charge in [0.05, 0.1) is 34.9 Å². The molecule has 4 rings (SSSR count). The fourth-order valence-corrected chi connectivity index (χ4v) is 4.55. The van der Waals surface area contributed by atoms with Crippen molar-refractivity contribution >= 4 is 31.6 Å². The summed E-state index contributed by atoms with van der Waals surface area (Å²) in [5.41, 5.74) is 0.872. The lowest BCUT2D eigenvalue weighted by atomic mass is 10.3. The Morgan fingerprint density at radius 2 is 1.88 bits per heavy atom. The van der Waals surface area contributed by atoms with Gasteiger partial charge in [-0.1, -0.05) is 12.1 Å². The Kier molecular flexibility index (Phi) is 4.32. The average Bonchev–Trinajstić information content (AvgIpc) is 2.89. The molecule has 0 saturated heterocycles. The summed E-state index contributed by atoms with van der Waals surface area (Å²) in [5, 5.41) is 0.721. The number of hydrogen-bond acceptors (Lipinski definition) is 6. The predicted molar refractivity (Wildman–Crippen MR) is 95.7 cm³/mol. The van der Waals surface area contributed by atoms with E-state index < -0.39 is 10.0 Å². The highest BCUT2D eigenvalue weighted by atomic mass is 32.2. The second-order valence-corrected chi connectivity index (χ2v) is 8.44. The van der Waals surface area contributed by atoms with E-state index in [0.717, 1.165) is 21.6 Å². The largest absolute Gasteiger partial charge is 0.490 e. The van der Waals surface area contributed by atoms with E-state index in [1.54, 1.807) is 6.07 Å². The van der Waals surface area contributed by atoms with Gasteiger partial charge in [0.1, 0.15) is 5.01 Å². The van der Waals surface area contributed by atoms with E-state index >= 15 is 0 Å². The fraction of sp³-hybridized carbons (Fsp3) is 0.235. The predicted octanol–water partition coefficient (Wildman–Crippen LogP) is 2.94. The van der Waals surface area contributed by atoms with Crippen LogP contribution in [0.4, 0.5) is 0 Å². The molecule has 0 spiro atoms. The van der Waals surface area contributed by atoms with Crippen LogP contribution in [0.2, 0.25) is 0 Å². The first-order valence-corrected chi connectivity index (χ1v) is 10.2. The van der Waals surface area contributed by atoms with E-state index in [1.807, 2.05) is 24.3 Å². The van der Waals surface area contributed by atoms with Crippen molar-refractivity contribution in [1.29, 1.82) is 0 Å². The monoisotopic (exact) mass is 376 g/mol. The number of nitrogens with zero attached hydrogens (tertiary/aromatic N) is 1. The van der Waals surface area contributed by atoms with Crippen LogP contribution in [0, 0.1) is 0 Å². The van der Waals surface area contributed by atoms with Crippen LogP contribution in [-0.4, -0.2) is 26.6 Å². The highest BCUT2D eigenvalue weighted by Crippen LogP contribution is 2.32. The highest BCUT2D eigenvalue weighted by molar-refractivity contribution is 7.89. The molecule has 3 aromatic rings. The van der Waals surface area contributed by atoms with Gasteiger partial charge in [0, 0.05) is 12.5 Å². The molecule has 0 radical (unpaired) electrons. The number of fused-ring (bicyclic) bond motifs is 2. The number of nitrogens with one attached hydrogen (secondary N) is 1. The second-order valence-electron chi connectivity index (χ2n) is 5.56. The van der Waals surface area contributed by atoms with Gasteiger partial charge in [-0.25, -0.2) is 18.1 Å². The lowest BCUT2D eigenvalue weighted by Crippen LogP contribution is -2.23. The molecule has 25 heavy (non-hydrogen) atoms. The van der Waals surface area contributed by atoms with Crippen LogP contribution in [0.25, 0.3) is 10.2 Å². The van der Waals surface area contributed by atoms with E-state index in [-0.39, 0.29) is 11.4 Å². The van der Waals surface area contributed by atoms with Gasteiger partial charge in [-0.15, -0.1) is 11.3 Å². The SMILES string of the molecule is O=S(=O)(NCc1nc2ccccc2s1)c1ccc2c(c1)OCCCO2. The van der Waals surface area contributed by atoms with Crippen molar-refractivity contribution < 1.29 is 17.9 Å². The summed E-state index contributed by atoms with van der Waals surface area (Å²) in [6.45, 7) is 1.22. The number of aromatic nitrogens is 1. The molecule has 1 N–H and O–H groups in total. The maximum Gasteiger partial charge on any atom is 0.241 e. The van der Waals surface area contributed by atoms with Crippen LogP contribution in [0.15, 0.2) is 47.4 Å². The van der Waals surface area contributed by atoms with Gasteiger partial charge in [0.25, 0.3) is 0 Å². The Bertz CT molecular complexity index is 981. The summed E-state index contributed by atoms with van der Waals surface area (Å²) in [4.78, 5) is 4.59. The van der Waals surface area contributed by atoms with E-state index in [2.05, 4.69) is 9.71 Å². The number of sulfonamides is 1. The molecule has 0 bridgehead atoms. The number of thiazole rings is 1. The third-order valence-corrected chi connectivity index (χ3v) is 6.22. The Morgan fingerprint density at radius 3 is 2.72 bits per heavy atom. The van der Waals surface area contributed by atoms with Crippen LogP contribution in [0.1, 0.15) is 11.4 Å². The summed E-state index contributed by atoms with van der Waals surface area (Å²) < 4.78 is 39.8. The van der Waals surface area contributed by atoms with Gasteiger partial charge in [0.2, 0.25) is 10.0 Å². The highest BCUT2D eigenvalue weighted by Gasteiger charge is 2.19. The smallest absolute Gasteiger partial charge is 0.241 e. The van der Waals surface area contributed by atoms with E-state index in [4.69, 9.17) is 9.47 Å². The van der Waals surface area contributed by atoms with Gasteiger partial charge in [-0.05, 0) is 24.3 Å². The van der Waals surface area contributed by atoms with Crippen molar-refractivity contribution in [3.05, 3.63) is 47.5 Å². The molecule has 1 aromatic heterocycles. The minimum absolute atomic E-state index is 0.149. The van der Waals surface area contributed by atoms with Crippen molar-refractivity contribution in [3.8, 4) is 11.5 Å². The molecule has 130 valence electrons. The van der Waals surface area contributed by atoms with Crippen LogP contribution in [-0.2, 0) is 16.6 Å². The standard InChI is InChI=1S/C17H16N2O4S2/c20-25(21,12-6-7-14-15(10-12)23-9-3-8-22-14)18-11-17-19-13-4-1-2-5-16(13)24-17/h1-2,4-7,10,18H,3,8-9,11H2. The lowest BCUT2D eigenvalue weighted by Gasteiger charge is -2.10. The van der Waals surface area contributed by atoms with Crippen molar-refractivity contribution in [2.75, 3.05) is 13.2 Å². The molecule has 8 heteroatoms. The average molecular weight is 376 g/mol. The van der Waals surface area contributed by atoms with Crippen LogP contribution in [0.5, 0.6) is 11.5 Å². The van der Waals surface area contributed by atoms with Crippen LogP contribution >= 0.6 is 11.3 Å². The molecule has 0 atom stereocenters. The van der Waals surface area contributed by atoms with Crippen molar-refractivity contribution in [2.24, 2.45) is 0 Å². The summed E-state index contributed by atoms with van der Waals surface area (Å²) >= 11 is 1.48. The van der Waals surface area contributed by atoms with Crippen LogP contribution in [0.3, 0.4) is 0 Å². The molecule has 1 aliphatic heterocycles. The third kappa shape index (κ3) is 3.46. The van der Waals surface area contributed by atoms with Gasteiger partial charge in [0.15, 0.2) is 11.5 Å². The normalized spacial score (nSPS) is 14.4. The Morgan fingerprint density at radius 1 is 1.08 bits per heavy atom. The number of benzene rings is 2. The molecule has 0 unspecified atom stereocenters. The van der Waals surface area contributed by atoms with E-state index in [0.29, 0.717) is 24.7 Å². The molecule has 1 aliphatic rings. The second kappa shape index (κ2) is 6.62. The third-order valence-electron chi connectivity index (χ3n) is 3.78. The maximum absolute atomic E-state index is 12.6. The zero-order valence-electron chi connectivity index (χ0n) is 13.3. The van der Waals surface area contributed by atoms with E-state index in [1.165, 1.54) is 23.5 Å². The first-order chi connectivity index (χ1) is 12.1. The Labute approximate surface area is 149 Å². The Hall–Kier alpha value is -2.16. The summed E-state index contributed by atoms with van der Waals surface area (Å²) in [5.74, 6) is 1.03. The lowest BCUT2D eigenvalue weighted by molar-refractivity contribution is 0.297. The van der Waals surface area contributed by atoms with Crippen molar-refractivity contribution in [2.45, 2.75) is 17.9 Å². The molecule has 2 aromatic carbocycles. The van der Waals surface area contributed by atoms with Crippen molar-refractivity contribution in [1.82, 2.24) is 9.71 Å². The topological polar surface area (TPSA) is 77.5 Å². The first kappa shape index (κ1) is 16.3. The van der Waals surface area contributed by atoms with Gasteiger partial charge >= 0.3 is 0 Å². The number of ether oxygens (including phenoxy) is 2. The van der Waals surface area contributed by atoms with Crippen molar-refractivity contribution in [3.63, 3.8) is 0 Å².